The fraction of sp³-hybridized carbons (Fsp3) is 0.238. The number of rotatable bonds is 5. The first-order valence-corrected chi connectivity index (χ1v) is 9.20. The van der Waals surface area contributed by atoms with Crippen LogP contribution in [0.5, 0.6) is 0 Å². The second-order valence-electron chi connectivity index (χ2n) is 7.15. The number of hydrogen-bond donors (Lipinski definition) is 3. The summed E-state index contributed by atoms with van der Waals surface area (Å²) in [6, 6.07) is 12.4. The van der Waals surface area contributed by atoms with E-state index in [0.717, 1.165) is 11.1 Å². The standard InChI is InChI=1S/C21H22N4O4/c1-12(2)14-7-9-15(10-8-14)19-18(13(3)22-21(27)24-19)20(26)23-16-5-4-6-17(11-16)25(28)29/h4-12,19H,1-3H3,(H,23,26)(H2,22,24,27). The monoisotopic (exact) mass is 394 g/mol. The van der Waals surface area contributed by atoms with Crippen LogP contribution in [0, 0.1) is 10.1 Å². The van der Waals surface area contributed by atoms with E-state index >= 15 is 0 Å². The van der Waals surface area contributed by atoms with Gasteiger partial charge in [-0.2, -0.15) is 0 Å². The van der Waals surface area contributed by atoms with E-state index in [0.29, 0.717) is 22.9 Å². The lowest BCUT2D eigenvalue weighted by atomic mass is 9.92. The Morgan fingerprint density at radius 3 is 2.48 bits per heavy atom. The van der Waals surface area contributed by atoms with E-state index in [9.17, 15) is 19.7 Å². The van der Waals surface area contributed by atoms with Crippen LogP contribution in [0.4, 0.5) is 16.2 Å². The highest BCUT2D eigenvalue weighted by Crippen LogP contribution is 2.29. The predicted molar refractivity (Wildman–Crippen MR) is 109 cm³/mol. The van der Waals surface area contributed by atoms with E-state index in [1.165, 1.54) is 18.2 Å². The third-order valence-corrected chi connectivity index (χ3v) is 4.77. The summed E-state index contributed by atoms with van der Waals surface area (Å²) in [5.74, 6) is -0.0889. The first kappa shape index (κ1) is 20.1. The lowest BCUT2D eigenvalue weighted by molar-refractivity contribution is -0.384. The van der Waals surface area contributed by atoms with E-state index in [4.69, 9.17) is 0 Å². The van der Waals surface area contributed by atoms with Gasteiger partial charge in [-0.1, -0.05) is 44.2 Å². The second kappa shape index (κ2) is 8.14. The van der Waals surface area contributed by atoms with Crippen LogP contribution in [-0.4, -0.2) is 16.9 Å². The first-order chi connectivity index (χ1) is 13.8. The molecule has 8 nitrogen and oxygen atoms in total. The maximum absolute atomic E-state index is 13.0. The number of benzene rings is 2. The molecule has 1 aliphatic heterocycles. The number of carbonyl (C=O) groups excluding carboxylic acids is 2. The molecule has 150 valence electrons. The zero-order chi connectivity index (χ0) is 21.1. The van der Waals surface area contributed by atoms with Crippen LogP contribution in [-0.2, 0) is 4.79 Å². The molecule has 0 aliphatic carbocycles. The fourth-order valence-corrected chi connectivity index (χ4v) is 3.21. The third-order valence-electron chi connectivity index (χ3n) is 4.77. The van der Waals surface area contributed by atoms with Crippen LogP contribution in [0.2, 0.25) is 0 Å². The van der Waals surface area contributed by atoms with Crippen molar-refractivity contribution in [2.24, 2.45) is 0 Å². The maximum Gasteiger partial charge on any atom is 0.319 e. The van der Waals surface area contributed by atoms with Crippen LogP contribution in [0.25, 0.3) is 0 Å². The van der Waals surface area contributed by atoms with Gasteiger partial charge in [-0.15, -0.1) is 0 Å². The van der Waals surface area contributed by atoms with Crippen molar-refractivity contribution in [3.63, 3.8) is 0 Å². The van der Waals surface area contributed by atoms with Crippen LogP contribution in [0.15, 0.2) is 59.8 Å². The highest BCUT2D eigenvalue weighted by Gasteiger charge is 2.31. The molecule has 0 saturated heterocycles. The normalized spacial score (nSPS) is 16.3. The van der Waals surface area contributed by atoms with Crippen LogP contribution < -0.4 is 16.0 Å². The number of hydrogen-bond acceptors (Lipinski definition) is 4. The van der Waals surface area contributed by atoms with Gasteiger partial charge in [0, 0.05) is 23.5 Å². The summed E-state index contributed by atoms with van der Waals surface area (Å²) in [7, 11) is 0. The Morgan fingerprint density at radius 2 is 1.86 bits per heavy atom. The number of nitro benzene ring substituents is 1. The SMILES string of the molecule is CC1=C(C(=O)Nc2cccc([N+](=O)[O-])c2)C(c2ccc(C(C)C)cc2)NC(=O)N1. The van der Waals surface area contributed by atoms with Crippen molar-refractivity contribution in [1.29, 1.82) is 0 Å². The van der Waals surface area contributed by atoms with Crippen LogP contribution in [0.1, 0.15) is 43.9 Å². The van der Waals surface area contributed by atoms with Gasteiger partial charge in [0.1, 0.15) is 0 Å². The molecule has 0 bridgehead atoms. The number of anilines is 1. The molecule has 0 aromatic heterocycles. The van der Waals surface area contributed by atoms with Gasteiger partial charge in [-0.05, 0) is 30.0 Å². The van der Waals surface area contributed by atoms with Gasteiger partial charge >= 0.3 is 6.03 Å². The molecular weight excluding hydrogens is 372 g/mol. The largest absolute Gasteiger partial charge is 0.327 e. The van der Waals surface area contributed by atoms with Gasteiger partial charge in [0.25, 0.3) is 11.6 Å². The van der Waals surface area contributed by atoms with Crippen molar-refractivity contribution in [3.05, 3.63) is 81.0 Å². The molecule has 2 aromatic rings. The Hall–Kier alpha value is -3.68. The molecule has 3 rings (SSSR count). The number of non-ortho nitro benzene ring substituents is 1. The molecule has 1 unspecified atom stereocenters. The van der Waals surface area contributed by atoms with E-state index < -0.39 is 22.9 Å². The average Bonchev–Trinajstić information content (AvgIpc) is 2.67. The lowest BCUT2D eigenvalue weighted by Crippen LogP contribution is -2.45. The molecule has 8 heteroatoms. The molecule has 3 N–H and O–H groups in total. The average molecular weight is 394 g/mol. The van der Waals surface area contributed by atoms with Crippen molar-refractivity contribution in [2.45, 2.75) is 32.7 Å². The molecule has 1 aliphatic rings. The van der Waals surface area contributed by atoms with Gasteiger partial charge in [-0.25, -0.2) is 4.79 Å². The molecule has 1 atom stereocenters. The maximum atomic E-state index is 13.0. The topological polar surface area (TPSA) is 113 Å². The zero-order valence-electron chi connectivity index (χ0n) is 16.4. The van der Waals surface area contributed by atoms with Gasteiger partial charge in [0.15, 0.2) is 0 Å². The van der Waals surface area contributed by atoms with Crippen molar-refractivity contribution in [3.8, 4) is 0 Å². The summed E-state index contributed by atoms with van der Waals surface area (Å²) in [5, 5.41) is 19.1. The molecule has 2 aromatic carbocycles. The van der Waals surface area contributed by atoms with E-state index in [1.807, 2.05) is 24.3 Å². The highest BCUT2D eigenvalue weighted by molar-refractivity contribution is 6.06. The minimum absolute atomic E-state index is 0.121. The lowest BCUT2D eigenvalue weighted by Gasteiger charge is -2.29. The second-order valence-corrected chi connectivity index (χ2v) is 7.15. The molecule has 3 amide bonds. The number of allylic oxidation sites excluding steroid dienone is 1. The molecule has 29 heavy (non-hydrogen) atoms. The van der Waals surface area contributed by atoms with Crippen molar-refractivity contribution >= 4 is 23.3 Å². The smallest absolute Gasteiger partial charge is 0.319 e. The van der Waals surface area contributed by atoms with Gasteiger partial charge in [0.05, 0.1) is 16.5 Å². The number of amides is 3. The summed E-state index contributed by atoms with van der Waals surface area (Å²) < 4.78 is 0. The van der Waals surface area contributed by atoms with Crippen LogP contribution >= 0.6 is 0 Å². The minimum atomic E-state index is -0.635. The molecule has 0 saturated carbocycles. The molecule has 0 spiro atoms. The number of urea groups is 1. The van der Waals surface area contributed by atoms with Gasteiger partial charge in [-0.3, -0.25) is 14.9 Å². The number of nitro groups is 1. The first-order valence-electron chi connectivity index (χ1n) is 9.20. The number of nitrogens with zero attached hydrogens (tertiary/aromatic N) is 1. The Kier molecular flexibility index (Phi) is 5.63. The fourth-order valence-electron chi connectivity index (χ4n) is 3.21. The Morgan fingerprint density at radius 1 is 1.17 bits per heavy atom. The Labute approximate surface area is 168 Å². The Bertz CT molecular complexity index is 996. The summed E-state index contributed by atoms with van der Waals surface area (Å²) in [6.07, 6.45) is 0. The Balaban J connectivity index is 1.92. The minimum Gasteiger partial charge on any atom is -0.327 e. The molecule has 0 radical (unpaired) electrons. The van der Waals surface area contributed by atoms with Crippen LogP contribution in [0.3, 0.4) is 0 Å². The van der Waals surface area contributed by atoms with E-state index in [1.54, 1.807) is 13.0 Å². The number of nitrogens with one attached hydrogen (secondary N) is 3. The van der Waals surface area contributed by atoms with Crippen molar-refractivity contribution in [2.75, 3.05) is 5.32 Å². The predicted octanol–water partition coefficient (Wildman–Crippen LogP) is 3.98. The molecule has 1 heterocycles. The quantitative estimate of drug-likeness (QED) is 0.526. The molecular formula is C21H22N4O4. The number of carbonyl (C=O) groups is 2. The third kappa shape index (κ3) is 4.43. The van der Waals surface area contributed by atoms with Crippen molar-refractivity contribution < 1.29 is 14.5 Å². The summed E-state index contributed by atoms with van der Waals surface area (Å²) in [6.45, 7) is 5.82. The zero-order valence-corrected chi connectivity index (χ0v) is 16.4. The molecule has 0 fully saturated rings. The van der Waals surface area contributed by atoms with E-state index in [-0.39, 0.29) is 5.69 Å². The van der Waals surface area contributed by atoms with E-state index in [2.05, 4.69) is 29.8 Å². The summed E-state index contributed by atoms with van der Waals surface area (Å²) >= 11 is 0. The summed E-state index contributed by atoms with van der Waals surface area (Å²) in [5.41, 5.74) is 2.87. The van der Waals surface area contributed by atoms with Crippen molar-refractivity contribution in [1.82, 2.24) is 10.6 Å². The van der Waals surface area contributed by atoms with Gasteiger partial charge < -0.3 is 16.0 Å². The summed E-state index contributed by atoms with van der Waals surface area (Å²) in [4.78, 5) is 35.5. The highest BCUT2D eigenvalue weighted by atomic mass is 16.6. The van der Waals surface area contributed by atoms with Gasteiger partial charge in [0.2, 0.25) is 0 Å².